The molecule has 3 N–H and O–H groups in total. The molecule has 0 atom stereocenters. The lowest BCUT2D eigenvalue weighted by Gasteiger charge is -2.18. The van der Waals surface area contributed by atoms with E-state index in [-0.39, 0.29) is 12.2 Å². The predicted molar refractivity (Wildman–Crippen MR) is 47.0 cm³/mol. The number of carbonyl (C=O) groups is 1. The first-order valence-electron chi connectivity index (χ1n) is 4.25. The minimum atomic E-state index is -0.491. The lowest BCUT2D eigenvalue weighted by molar-refractivity contribution is -0.123. The topological polar surface area (TPSA) is 73.6 Å². The minimum absolute atomic E-state index is 0.293. The van der Waals surface area contributed by atoms with Crippen molar-refractivity contribution < 1.29 is 14.3 Å². The van der Waals surface area contributed by atoms with Crippen molar-refractivity contribution in [1.82, 2.24) is 5.32 Å². The Labute approximate surface area is 77.6 Å². The Bertz CT molecular complexity index is 188. The third-order valence-corrected chi connectivity index (χ3v) is 2.35. The summed E-state index contributed by atoms with van der Waals surface area (Å²) in [6.07, 6.45) is 1.29. The van der Waals surface area contributed by atoms with Gasteiger partial charge in [0, 0.05) is 20.8 Å². The molecule has 13 heavy (non-hydrogen) atoms. The molecule has 0 radical (unpaired) electrons. The molecule has 1 fully saturated rings. The van der Waals surface area contributed by atoms with E-state index in [2.05, 4.69) is 5.32 Å². The number of carbonyl (C=O) groups excluding carboxylic acids is 1. The number of amides is 1. The average Bonchev–Trinajstić information content (AvgIpc) is 2.87. The molecule has 0 unspecified atom stereocenters. The van der Waals surface area contributed by atoms with Crippen molar-refractivity contribution in [3.8, 4) is 0 Å². The molecule has 0 aromatic heterocycles. The van der Waals surface area contributed by atoms with Crippen LogP contribution in [0.1, 0.15) is 12.8 Å². The van der Waals surface area contributed by atoms with Gasteiger partial charge >= 0.3 is 0 Å². The number of nitrogens with two attached hydrogens (primary N) is 1. The predicted octanol–water partition coefficient (Wildman–Crippen LogP) is -0.787. The molecule has 1 rings (SSSR count). The molecule has 5 heteroatoms. The van der Waals surface area contributed by atoms with Crippen molar-refractivity contribution in [2.45, 2.75) is 24.7 Å². The fourth-order valence-electron chi connectivity index (χ4n) is 1.18. The van der Waals surface area contributed by atoms with Crippen LogP contribution in [0.3, 0.4) is 0 Å². The summed E-state index contributed by atoms with van der Waals surface area (Å²) in [6, 6.07) is 0. The number of hydrogen-bond acceptors (Lipinski definition) is 4. The van der Waals surface area contributed by atoms with Gasteiger partial charge in [-0.3, -0.25) is 10.1 Å². The molecule has 5 nitrogen and oxygen atoms in total. The van der Waals surface area contributed by atoms with Crippen LogP contribution in [0.4, 0.5) is 0 Å². The Kier molecular flexibility index (Phi) is 3.24. The van der Waals surface area contributed by atoms with Crippen LogP contribution < -0.4 is 11.1 Å². The highest BCUT2D eigenvalue weighted by atomic mass is 16.7. The van der Waals surface area contributed by atoms with Gasteiger partial charge in [-0.25, -0.2) is 0 Å². The second-order valence-electron chi connectivity index (χ2n) is 3.23. The molecular formula is C8H16N2O3. The Morgan fingerprint density at radius 3 is 2.38 bits per heavy atom. The van der Waals surface area contributed by atoms with Gasteiger partial charge in [-0.15, -0.1) is 0 Å². The van der Waals surface area contributed by atoms with Gasteiger partial charge in [0.25, 0.3) is 0 Å². The summed E-state index contributed by atoms with van der Waals surface area (Å²) in [5, 5.41) is 3.05. The second kappa shape index (κ2) is 4.04. The highest BCUT2D eigenvalue weighted by Crippen LogP contribution is 2.34. The van der Waals surface area contributed by atoms with Gasteiger partial charge in [-0.05, 0) is 12.8 Å². The molecule has 0 aliphatic heterocycles. The van der Waals surface area contributed by atoms with Crippen LogP contribution >= 0.6 is 0 Å². The molecule has 1 aliphatic rings. The highest BCUT2D eigenvalue weighted by Gasteiger charge is 2.48. The molecule has 0 spiro atoms. The SMILES string of the molecule is COC(CNC1(C(N)=O)CC1)OC. The largest absolute Gasteiger partial charge is 0.368 e. The van der Waals surface area contributed by atoms with Gasteiger partial charge in [-0.1, -0.05) is 0 Å². The van der Waals surface area contributed by atoms with Gasteiger partial charge in [0.05, 0.1) is 5.54 Å². The fourth-order valence-corrected chi connectivity index (χ4v) is 1.18. The quantitative estimate of drug-likeness (QED) is 0.536. The van der Waals surface area contributed by atoms with Crippen LogP contribution in [-0.4, -0.2) is 38.5 Å². The zero-order chi connectivity index (χ0) is 9.90. The van der Waals surface area contributed by atoms with Crippen molar-refractivity contribution in [3.63, 3.8) is 0 Å². The number of primary amides is 1. The smallest absolute Gasteiger partial charge is 0.237 e. The van der Waals surface area contributed by atoms with Crippen LogP contribution in [0.2, 0.25) is 0 Å². The van der Waals surface area contributed by atoms with Gasteiger partial charge in [0.2, 0.25) is 5.91 Å². The summed E-state index contributed by atoms with van der Waals surface area (Å²) < 4.78 is 9.93. The number of ether oxygens (including phenoxy) is 2. The third kappa shape index (κ3) is 2.40. The monoisotopic (exact) mass is 188 g/mol. The Morgan fingerprint density at radius 1 is 1.54 bits per heavy atom. The van der Waals surface area contributed by atoms with Crippen LogP contribution in [-0.2, 0) is 14.3 Å². The summed E-state index contributed by atoms with van der Waals surface area (Å²) in [6.45, 7) is 0.482. The van der Waals surface area contributed by atoms with Gasteiger partial charge in [0.15, 0.2) is 6.29 Å². The van der Waals surface area contributed by atoms with E-state index in [9.17, 15) is 4.79 Å². The molecule has 1 aliphatic carbocycles. The maximum Gasteiger partial charge on any atom is 0.237 e. The number of hydrogen-bond donors (Lipinski definition) is 2. The van der Waals surface area contributed by atoms with E-state index < -0.39 is 5.54 Å². The Morgan fingerprint density at radius 2 is 2.08 bits per heavy atom. The van der Waals surface area contributed by atoms with Crippen molar-refractivity contribution in [3.05, 3.63) is 0 Å². The first kappa shape index (κ1) is 10.4. The standard InChI is InChI=1S/C8H16N2O3/c1-12-6(13-2)5-10-8(3-4-8)7(9)11/h6,10H,3-5H2,1-2H3,(H2,9,11). The molecule has 1 saturated carbocycles. The Balaban J connectivity index is 2.29. The van der Waals surface area contributed by atoms with E-state index >= 15 is 0 Å². The molecule has 0 bridgehead atoms. The van der Waals surface area contributed by atoms with Crippen molar-refractivity contribution in [2.24, 2.45) is 5.73 Å². The summed E-state index contributed by atoms with van der Waals surface area (Å²) >= 11 is 0. The van der Waals surface area contributed by atoms with Crippen LogP contribution in [0, 0.1) is 0 Å². The number of rotatable bonds is 6. The molecular weight excluding hydrogens is 172 g/mol. The molecule has 0 saturated heterocycles. The maximum atomic E-state index is 11.0. The van der Waals surface area contributed by atoms with Gasteiger partial charge in [0.1, 0.15) is 0 Å². The maximum absolute atomic E-state index is 11.0. The lowest BCUT2D eigenvalue weighted by Crippen LogP contribution is -2.47. The van der Waals surface area contributed by atoms with E-state index in [1.165, 1.54) is 0 Å². The number of nitrogens with one attached hydrogen (secondary N) is 1. The van der Waals surface area contributed by atoms with E-state index in [1.54, 1.807) is 14.2 Å². The van der Waals surface area contributed by atoms with Crippen LogP contribution in [0.5, 0.6) is 0 Å². The first-order chi connectivity index (χ1) is 6.14. The summed E-state index contributed by atoms with van der Waals surface area (Å²) in [5.41, 5.74) is 4.73. The zero-order valence-corrected chi connectivity index (χ0v) is 8.00. The third-order valence-electron chi connectivity index (χ3n) is 2.35. The van der Waals surface area contributed by atoms with E-state index in [0.29, 0.717) is 6.54 Å². The average molecular weight is 188 g/mol. The van der Waals surface area contributed by atoms with E-state index in [4.69, 9.17) is 15.2 Å². The van der Waals surface area contributed by atoms with Gasteiger partial charge < -0.3 is 15.2 Å². The lowest BCUT2D eigenvalue weighted by atomic mass is 10.2. The molecule has 0 aromatic carbocycles. The first-order valence-corrected chi connectivity index (χ1v) is 4.25. The van der Waals surface area contributed by atoms with Crippen LogP contribution in [0.15, 0.2) is 0 Å². The summed E-state index contributed by atoms with van der Waals surface area (Å²) in [7, 11) is 3.11. The summed E-state index contributed by atoms with van der Waals surface area (Å²) in [5.74, 6) is -0.293. The molecule has 0 aromatic rings. The summed E-state index contributed by atoms with van der Waals surface area (Å²) in [4.78, 5) is 11.0. The van der Waals surface area contributed by atoms with Crippen LogP contribution in [0.25, 0.3) is 0 Å². The molecule has 1 amide bonds. The van der Waals surface area contributed by atoms with Crippen molar-refractivity contribution >= 4 is 5.91 Å². The van der Waals surface area contributed by atoms with E-state index in [0.717, 1.165) is 12.8 Å². The number of methoxy groups -OCH3 is 2. The van der Waals surface area contributed by atoms with Crippen molar-refractivity contribution in [1.29, 1.82) is 0 Å². The highest BCUT2D eigenvalue weighted by molar-refractivity contribution is 5.87. The zero-order valence-electron chi connectivity index (χ0n) is 8.00. The van der Waals surface area contributed by atoms with Gasteiger partial charge in [-0.2, -0.15) is 0 Å². The van der Waals surface area contributed by atoms with E-state index in [1.807, 2.05) is 0 Å². The molecule has 76 valence electrons. The molecule has 0 heterocycles. The normalized spacial score (nSPS) is 19.0. The Hall–Kier alpha value is -0.650. The minimum Gasteiger partial charge on any atom is -0.368 e. The second-order valence-corrected chi connectivity index (χ2v) is 3.23. The van der Waals surface area contributed by atoms with Crippen molar-refractivity contribution in [2.75, 3.05) is 20.8 Å². The fraction of sp³-hybridized carbons (Fsp3) is 0.875.